The number of nitrogens with zero attached hydrogens (tertiary/aromatic N) is 6. The Balaban J connectivity index is 1.95. The van der Waals surface area contributed by atoms with Crippen molar-refractivity contribution < 1.29 is 0 Å². The van der Waals surface area contributed by atoms with Crippen LogP contribution in [0.15, 0.2) is 33.9 Å². The molecule has 0 unspecified atom stereocenters. The van der Waals surface area contributed by atoms with Crippen molar-refractivity contribution in [2.24, 2.45) is 7.05 Å². The van der Waals surface area contributed by atoms with Crippen molar-refractivity contribution in [1.82, 2.24) is 24.1 Å². The molecule has 3 aromatic rings. The van der Waals surface area contributed by atoms with Gasteiger partial charge in [-0.1, -0.05) is 11.6 Å². The predicted molar refractivity (Wildman–Crippen MR) is 80.2 cm³/mol. The third-order valence-corrected chi connectivity index (χ3v) is 5.11. The summed E-state index contributed by atoms with van der Waals surface area (Å²) in [5.74, 6) is 0.731. The quantitative estimate of drug-likeness (QED) is 0.732. The topological polar surface area (TPSA) is 80.3 Å². The first-order valence-electron chi connectivity index (χ1n) is 5.73. The van der Waals surface area contributed by atoms with Gasteiger partial charge in [-0.25, -0.2) is 0 Å². The number of hydrogen-bond donors (Lipinski definition) is 0. The maximum Gasteiger partial charge on any atom is 0.196 e. The van der Waals surface area contributed by atoms with Gasteiger partial charge in [0.1, 0.15) is 15.8 Å². The van der Waals surface area contributed by atoms with Crippen molar-refractivity contribution in [2.45, 2.75) is 9.37 Å². The van der Waals surface area contributed by atoms with Crippen LogP contribution in [0, 0.1) is 11.3 Å². The highest BCUT2D eigenvalue weighted by Gasteiger charge is 2.17. The lowest BCUT2D eigenvalue weighted by Crippen LogP contribution is -1.94. The normalized spacial score (nSPS) is 10.5. The maximum atomic E-state index is 9.09. The molecule has 0 radical (unpaired) electrons. The molecule has 6 nitrogen and oxygen atoms in total. The van der Waals surface area contributed by atoms with Gasteiger partial charge in [-0.2, -0.15) is 9.64 Å². The zero-order valence-electron chi connectivity index (χ0n) is 10.7. The lowest BCUT2D eigenvalue weighted by Gasteiger charge is -2.02. The van der Waals surface area contributed by atoms with Gasteiger partial charge in [0.2, 0.25) is 0 Å². The Labute approximate surface area is 133 Å². The van der Waals surface area contributed by atoms with E-state index in [0.717, 1.165) is 11.4 Å². The highest BCUT2D eigenvalue weighted by atomic mass is 35.5. The molecular weight excluding hydrogens is 328 g/mol. The Morgan fingerprint density at radius 1 is 1.33 bits per heavy atom. The Hall–Kier alpha value is -1.95. The molecule has 3 heterocycles. The maximum absolute atomic E-state index is 9.09. The monoisotopic (exact) mass is 334 g/mol. The minimum atomic E-state index is 0.224. The lowest BCUT2D eigenvalue weighted by molar-refractivity contribution is 0.794. The number of nitriles is 1. The molecule has 0 fully saturated rings. The summed E-state index contributed by atoms with van der Waals surface area (Å²) in [6.07, 6.45) is 3.40. The molecule has 3 aromatic heterocycles. The first-order chi connectivity index (χ1) is 10.2. The molecule has 0 saturated carbocycles. The van der Waals surface area contributed by atoms with Crippen LogP contribution < -0.4 is 0 Å². The number of rotatable bonds is 3. The highest BCUT2D eigenvalue weighted by Crippen LogP contribution is 2.36. The van der Waals surface area contributed by atoms with E-state index >= 15 is 0 Å². The molecule has 0 aromatic carbocycles. The molecule has 21 heavy (non-hydrogen) atoms. The standard InChI is InChI=1S/C12H7ClN6S2/c1-19-10(7-2-4-15-5-3-7)16-17-12(19)20-11-8(6-14)9(13)18-21-11/h2-5H,1H3. The van der Waals surface area contributed by atoms with Crippen LogP contribution in [0.4, 0.5) is 0 Å². The molecule has 104 valence electrons. The molecule has 0 N–H and O–H groups in total. The van der Waals surface area contributed by atoms with Gasteiger partial charge in [0, 0.05) is 25.0 Å². The van der Waals surface area contributed by atoms with Crippen molar-refractivity contribution >= 4 is 34.9 Å². The predicted octanol–water partition coefficient (Wildman–Crippen LogP) is 3.01. The average Bonchev–Trinajstić information content (AvgIpc) is 3.04. The summed E-state index contributed by atoms with van der Waals surface area (Å²) in [6, 6.07) is 5.78. The Kier molecular flexibility index (Phi) is 3.88. The first-order valence-corrected chi connectivity index (χ1v) is 7.70. The molecule has 9 heteroatoms. The van der Waals surface area contributed by atoms with Crippen LogP contribution in [-0.2, 0) is 7.05 Å². The zero-order valence-corrected chi connectivity index (χ0v) is 13.1. The molecule has 0 saturated heterocycles. The van der Waals surface area contributed by atoms with Crippen molar-refractivity contribution in [3.8, 4) is 17.5 Å². The summed E-state index contributed by atoms with van der Waals surface area (Å²) in [7, 11) is 1.87. The fraction of sp³-hybridized carbons (Fsp3) is 0.0833. The largest absolute Gasteiger partial charge is 0.305 e. The van der Waals surface area contributed by atoms with Gasteiger partial charge >= 0.3 is 0 Å². The second-order valence-electron chi connectivity index (χ2n) is 3.95. The lowest BCUT2D eigenvalue weighted by atomic mass is 10.2. The van der Waals surface area contributed by atoms with Gasteiger partial charge in [-0.15, -0.1) is 10.2 Å². The number of hydrogen-bond acceptors (Lipinski definition) is 7. The molecule has 0 aliphatic rings. The van der Waals surface area contributed by atoms with Crippen LogP contribution in [0.3, 0.4) is 0 Å². The van der Waals surface area contributed by atoms with Gasteiger partial charge in [0.05, 0.1) is 0 Å². The zero-order chi connectivity index (χ0) is 14.8. The summed E-state index contributed by atoms with van der Waals surface area (Å²) in [5.41, 5.74) is 1.30. The van der Waals surface area contributed by atoms with Crippen LogP contribution in [0.1, 0.15) is 5.56 Å². The fourth-order valence-electron chi connectivity index (χ4n) is 1.66. The van der Waals surface area contributed by atoms with Crippen molar-refractivity contribution in [3.63, 3.8) is 0 Å². The molecule has 0 spiro atoms. The minimum Gasteiger partial charge on any atom is -0.305 e. The molecule has 0 bridgehead atoms. The minimum absolute atomic E-state index is 0.224. The molecule has 0 aliphatic heterocycles. The smallest absolute Gasteiger partial charge is 0.196 e. The van der Waals surface area contributed by atoms with Crippen LogP contribution in [0.25, 0.3) is 11.4 Å². The van der Waals surface area contributed by atoms with Crippen molar-refractivity contribution in [2.75, 3.05) is 0 Å². The van der Waals surface area contributed by atoms with E-state index in [9.17, 15) is 0 Å². The summed E-state index contributed by atoms with van der Waals surface area (Å²) >= 11 is 8.37. The summed E-state index contributed by atoms with van der Waals surface area (Å²) < 4.78 is 6.54. The van der Waals surface area contributed by atoms with Crippen LogP contribution in [0.2, 0.25) is 5.15 Å². The van der Waals surface area contributed by atoms with E-state index in [1.54, 1.807) is 12.4 Å². The molecule has 3 rings (SSSR count). The SMILES string of the molecule is Cn1c(Sc2snc(Cl)c2C#N)nnc1-c1ccncc1. The van der Waals surface area contributed by atoms with E-state index in [1.165, 1.54) is 23.3 Å². The summed E-state index contributed by atoms with van der Waals surface area (Å²) in [6.45, 7) is 0. The number of halogens is 1. The van der Waals surface area contributed by atoms with E-state index in [0.29, 0.717) is 14.9 Å². The average molecular weight is 335 g/mol. The Bertz CT molecular complexity index is 820. The van der Waals surface area contributed by atoms with Crippen molar-refractivity contribution in [1.29, 1.82) is 5.26 Å². The van der Waals surface area contributed by atoms with Gasteiger partial charge in [0.25, 0.3) is 0 Å². The molecule has 0 amide bonds. The van der Waals surface area contributed by atoms with Gasteiger partial charge in [-0.3, -0.25) is 4.98 Å². The number of aromatic nitrogens is 5. The summed E-state index contributed by atoms with van der Waals surface area (Å²) in [5, 5.41) is 18.3. The molecular formula is C12H7ClN6S2. The molecule has 0 atom stereocenters. The van der Waals surface area contributed by atoms with E-state index < -0.39 is 0 Å². The van der Waals surface area contributed by atoms with Crippen LogP contribution in [0.5, 0.6) is 0 Å². The Morgan fingerprint density at radius 2 is 2.10 bits per heavy atom. The van der Waals surface area contributed by atoms with E-state index in [2.05, 4.69) is 25.6 Å². The second kappa shape index (κ2) is 5.81. The highest BCUT2D eigenvalue weighted by molar-refractivity contribution is 8.01. The van der Waals surface area contributed by atoms with E-state index in [1.807, 2.05) is 23.7 Å². The van der Waals surface area contributed by atoms with E-state index in [4.69, 9.17) is 16.9 Å². The van der Waals surface area contributed by atoms with Crippen molar-refractivity contribution in [3.05, 3.63) is 35.2 Å². The van der Waals surface area contributed by atoms with Gasteiger partial charge < -0.3 is 4.57 Å². The van der Waals surface area contributed by atoms with Crippen LogP contribution in [-0.4, -0.2) is 24.1 Å². The van der Waals surface area contributed by atoms with Crippen LogP contribution >= 0.6 is 34.9 Å². The fourth-order valence-corrected chi connectivity index (χ4v) is 3.70. The summed E-state index contributed by atoms with van der Waals surface area (Å²) in [4.78, 5) is 3.98. The van der Waals surface area contributed by atoms with E-state index in [-0.39, 0.29) is 5.15 Å². The third-order valence-electron chi connectivity index (χ3n) is 2.69. The first kappa shape index (κ1) is 14.0. The second-order valence-corrected chi connectivity index (χ2v) is 6.32. The third kappa shape index (κ3) is 2.63. The van der Waals surface area contributed by atoms with Gasteiger partial charge in [0.15, 0.2) is 16.1 Å². The molecule has 0 aliphatic carbocycles. The van der Waals surface area contributed by atoms with Gasteiger partial charge in [-0.05, 0) is 35.4 Å². The number of pyridine rings is 1. The Morgan fingerprint density at radius 3 is 2.81 bits per heavy atom.